The lowest BCUT2D eigenvalue weighted by atomic mass is 9.95. The van der Waals surface area contributed by atoms with Gasteiger partial charge in [-0.2, -0.15) is 0 Å². The fourth-order valence-corrected chi connectivity index (χ4v) is 19.8. The van der Waals surface area contributed by atoms with Gasteiger partial charge in [0.2, 0.25) is 0 Å². The van der Waals surface area contributed by atoms with Gasteiger partial charge in [-0.25, -0.2) is 70.0 Å². The Morgan fingerprint density at radius 2 is 0.339 bits per heavy atom. The topological polar surface area (TPSA) is 231 Å². The van der Waals surface area contributed by atoms with E-state index < -0.39 is 0 Å². The molecule has 8 saturated heterocycles. The highest BCUT2D eigenvalue weighted by atomic mass is 15.6. The zero-order valence-electron chi connectivity index (χ0n) is 64.8. The van der Waals surface area contributed by atoms with Crippen molar-refractivity contribution in [3.05, 3.63) is 97.1 Å². The number of nitrogens with zero attached hydrogens (tertiary/aromatic N) is 14. The third-order valence-corrected chi connectivity index (χ3v) is 25.5. The quantitative estimate of drug-likeness (QED) is 0.0405. The summed E-state index contributed by atoms with van der Waals surface area (Å²) < 4.78 is 0. The molecule has 0 aliphatic carbocycles. The minimum atomic E-state index is 0.544. The second-order valence-corrected chi connectivity index (χ2v) is 33.1. The van der Waals surface area contributed by atoms with Gasteiger partial charge in [0.15, 0.2) is 23.3 Å². The molecule has 112 heavy (non-hydrogen) atoms. The van der Waals surface area contributed by atoms with E-state index in [2.05, 4.69) is 191 Å². The standard InChI is InChI=1S/C88H106N24/c1-17-41-105(42-18-1)97-73-57-33-9-10-34-58(57)74(98-106-43-19-2-20-44-106)66-65(73)81-89-82(66)94-84-69-70(78(102-110-51-27-6-28-52-110)62-38-14-13-37-61(62)77(69)101-109-49-25-5-26-50-109)86(91-84)96-88-72-71(79(103-111-53-29-7-30-54-111)63-39-15-16-40-64(63)80(72)104-112-55-31-8-32-56-112)87(92-88)95-85-68-67(83(90-85)93-81)75(99-107-45-21-3-22-46-107)59-35-11-12-36-60(59)76(68)100-108-47-23-4-24-48-108/h9-16,33-40,97-104H,1-8,17-32,41-56H2,(H2,89,90,91,92,93,94,95,96). The van der Waals surface area contributed by atoms with Crippen molar-refractivity contribution in [3.63, 3.8) is 0 Å². The minimum Gasteiger partial charge on any atom is -0.324 e. The molecule has 10 aliphatic heterocycles. The predicted octanol–water partition coefficient (Wildman–Crippen LogP) is 18.0. The number of hydrazine groups is 8. The number of benzene rings is 8. The summed E-state index contributed by atoms with van der Waals surface area (Å²) >= 11 is 0. The maximum Gasteiger partial charge on any atom is 0.166 e. The SMILES string of the molecule is c1ccc2c(NN3CCCCC3)c3c(c(NN4CCCCC4)c2c1)-c1nc-3nc2[nH]c(nc3nc(nc4[nH]c(n1)c1c(NN5CCCCC5)c5ccccc5c(NN5CCCCC5)c41)-c1c-3c(NN3CCCCC3)c3ccccc3c1NN1CCCCC1)c1c(NN3CCCCC3)c3ccccc3c(NN3CCCCC3)c21. The molecule has 0 amide bonds. The molecule has 21 rings (SSSR count). The summed E-state index contributed by atoms with van der Waals surface area (Å²) in [6.07, 6.45) is 27.0. The van der Waals surface area contributed by atoms with Crippen molar-refractivity contribution < 1.29 is 0 Å². The van der Waals surface area contributed by atoms with E-state index in [1.807, 2.05) is 0 Å². The van der Waals surface area contributed by atoms with Crippen molar-refractivity contribution in [1.29, 1.82) is 0 Å². The van der Waals surface area contributed by atoms with Crippen LogP contribution in [-0.4, -0.2) is 185 Å². The van der Waals surface area contributed by atoms with Crippen LogP contribution < -0.4 is 43.4 Å². The molecule has 13 heterocycles. The first kappa shape index (κ1) is 70.1. The molecule has 0 atom stereocenters. The van der Waals surface area contributed by atoms with E-state index >= 15 is 0 Å². The second kappa shape index (κ2) is 30.6. The van der Waals surface area contributed by atoms with Crippen molar-refractivity contribution in [2.75, 3.05) is 148 Å². The van der Waals surface area contributed by atoms with Crippen LogP contribution in [0.3, 0.4) is 0 Å². The molecule has 3 aromatic heterocycles. The Labute approximate surface area is 654 Å². The van der Waals surface area contributed by atoms with Gasteiger partial charge in [-0.1, -0.05) is 148 Å². The summed E-state index contributed by atoms with van der Waals surface area (Å²) in [6, 6.07) is 35.9. The normalized spacial score (nSPS) is 19.9. The van der Waals surface area contributed by atoms with Crippen LogP contribution in [-0.2, 0) is 0 Å². The molecule has 0 unspecified atom stereocenters. The van der Waals surface area contributed by atoms with Gasteiger partial charge in [0.1, 0.15) is 22.6 Å². The number of hydrogen-bond acceptors (Lipinski definition) is 22. The molecule has 8 aromatic carbocycles. The van der Waals surface area contributed by atoms with Gasteiger partial charge in [-0.15, -0.1) is 0 Å². The molecule has 0 saturated carbocycles. The lowest BCUT2D eigenvalue weighted by Gasteiger charge is -2.32. The van der Waals surface area contributed by atoms with Gasteiger partial charge < -0.3 is 53.4 Å². The molecule has 10 N–H and O–H groups in total. The first-order valence-electron chi connectivity index (χ1n) is 42.8. The van der Waals surface area contributed by atoms with Gasteiger partial charge in [-0.3, -0.25) is 0 Å². The third kappa shape index (κ3) is 13.1. The molecule has 24 nitrogen and oxygen atoms in total. The van der Waals surface area contributed by atoms with Crippen LogP contribution in [0, 0.1) is 0 Å². The molecular weight excluding hydrogens is 1390 g/mol. The van der Waals surface area contributed by atoms with E-state index in [0.29, 0.717) is 45.9 Å². The fraction of sp³-hybridized carbons (Fsp3) is 0.455. The van der Waals surface area contributed by atoms with Crippen LogP contribution in [0.4, 0.5) is 45.5 Å². The van der Waals surface area contributed by atoms with Gasteiger partial charge in [-0.05, 0) is 103 Å². The highest BCUT2D eigenvalue weighted by Gasteiger charge is 2.37. The molecule has 10 aliphatic rings. The Kier molecular flexibility index (Phi) is 19.2. The van der Waals surface area contributed by atoms with Crippen molar-refractivity contribution in [3.8, 4) is 45.6 Å². The van der Waals surface area contributed by atoms with E-state index in [4.69, 9.17) is 29.9 Å². The molecule has 0 spiro atoms. The third-order valence-electron chi connectivity index (χ3n) is 25.5. The zero-order chi connectivity index (χ0) is 74.0. The number of rotatable bonds is 16. The number of aromatic nitrogens is 8. The highest BCUT2D eigenvalue weighted by molar-refractivity contribution is 6.30. The number of aromatic amines is 2. The van der Waals surface area contributed by atoms with Crippen LogP contribution >= 0.6 is 0 Å². The monoisotopic (exact) mass is 1500 g/mol. The van der Waals surface area contributed by atoms with Gasteiger partial charge in [0.25, 0.3) is 0 Å². The molecule has 24 heteroatoms. The smallest absolute Gasteiger partial charge is 0.166 e. The lowest BCUT2D eigenvalue weighted by molar-refractivity contribution is 0.273. The number of piperidine rings is 8. The largest absolute Gasteiger partial charge is 0.324 e. The summed E-state index contributed by atoms with van der Waals surface area (Å²) in [7, 11) is 0. The van der Waals surface area contributed by atoms with Crippen molar-refractivity contribution in [2.24, 2.45) is 0 Å². The maximum atomic E-state index is 6.27. The summed E-state index contributed by atoms with van der Waals surface area (Å²) in [4.78, 5) is 45.6. The Balaban J connectivity index is 0.975. The first-order valence-corrected chi connectivity index (χ1v) is 42.8. The van der Waals surface area contributed by atoms with Crippen molar-refractivity contribution >= 4 is 133 Å². The number of nitrogens with one attached hydrogen (secondary N) is 10. The summed E-state index contributed by atoms with van der Waals surface area (Å²) in [5.41, 5.74) is 47.3. The zero-order valence-corrected chi connectivity index (χ0v) is 64.8. The van der Waals surface area contributed by atoms with Crippen LogP contribution in [0.5, 0.6) is 0 Å². The molecular formula is C88H106N24. The average Bonchev–Trinajstić information content (AvgIpc) is 1.54. The second-order valence-electron chi connectivity index (χ2n) is 33.1. The maximum absolute atomic E-state index is 6.27. The number of hydrogen-bond donors (Lipinski definition) is 10. The highest BCUT2D eigenvalue weighted by Crippen LogP contribution is 2.55. The van der Waals surface area contributed by atoms with E-state index in [9.17, 15) is 0 Å². The van der Waals surface area contributed by atoms with E-state index in [1.165, 1.54) is 51.4 Å². The average molecular weight is 1500 g/mol. The minimum absolute atomic E-state index is 0.544. The molecule has 8 fully saturated rings. The Morgan fingerprint density at radius 1 is 0.188 bits per heavy atom. The van der Waals surface area contributed by atoms with E-state index in [-0.39, 0.29) is 0 Å². The summed E-state index contributed by atoms with van der Waals surface area (Å²) in [6.45, 7) is 14.5. The summed E-state index contributed by atoms with van der Waals surface area (Å²) in [5, 5.41) is 31.8. The van der Waals surface area contributed by atoms with Gasteiger partial charge in [0.05, 0.1) is 89.3 Å². The van der Waals surface area contributed by atoms with Gasteiger partial charge in [0, 0.05) is 148 Å². The first-order chi connectivity index (χ1) is 55.5. The van der Waals surface area contributed by atoms with Crippen LogP contribution in [0.1, 0.15) is 154 Å². The summed E-state index contributed by atoms with van der Waals surface area (Å²) in [5.74, 6) is 2.18. The van der Waals surface area contributed by atoms with Crippen molar-refractivity contribution in [1.82, 2.24) is 79.9 Å². The van der Waals surface area contributed by atoms with E-state index in [1.54, 1.807) is 0 Å². The fourth-order valence-electron chi connectivity index (χ4n) is 19.8. The molecule has 0 radical (unpaired) electrons. The number of anilines is 8. The molecule has 578 valence electrons. The predicted molar refractivity (Wildman–Crippen MR) is 458 cm³/mol. The molecule has 11 aromatic rings. The Hall–Kier alpha value is -9.76. The van der Waals surface area contributed by atoms with Crippen LogP contribution in [0.2, 0.25) is 0 Å². The van der Waals surface area contributed by atoms with E-state index in [0.717, 1.165) is 340 Å². The Bertz CT molecular complexity index is 4900. The molecule has 8 bridgehead atoms. The lowest BCUT2D eigenvalue weighted by Crippen LogP contribution is -2.36. The number of fused-ring (bicyclic) bond motifs is 24. The van der Waals surface area contributed by atoms with Crippen LogP contribution in [0.15, 0.2) is 97.1 Å². The van der Waals surface area contributed by atoms with Crippen LogP contribution in [0.25, 0.3) is 133 Å². The van der Waals surface area contributed by atoms with Crippen molar-refractivity contribution in [2.45, 2.75) is 154 Å². The number of H-pyrrole nitrogens is 2. The van der Waals surface area contributed by atoms with Gasteiger partial charge >= 0.3 is 0 Å². The Morgan fingerprint density at radius 3 is 0.509 bits per heavy atom.